The first-order chi connectivity index (χ1) is 16.1. The summed E-state index contributed by atoms with van der Waals surface area (Å²) < 4.78 is 0. The van der Waals surface area contributed by atoms with E-state index in [0.29, 0.717) is 31.7 Å². The van der Waals surface area contributed by atoms with E-state index in [4.69, 9.17) is 0 Å². The van der Waals surface area contributed by atoms with Gasteiger partial charge in [0.2, 0.25) is 5.91 Å². The van der Waals surface area contributed by atoms with E-state index in [1.165, 1.54) is 12.4 Å². The summed E-state index contributed by atoms with van der Waals surface area (Å²) in [6, 6.07) is 12.3. The molecule has 3 aromatic rings. The number of hydrogen-bond donors (Lipinski definition) is 1. The summed E-state index contributed by atoms with van der Waals surface area (Å²) in [6.07, 6.45) is 11.0. The molecule has 0 spiro atoms. The van der Waals surface area contributed by atoms with Gasteiger partial charge in [-0.2, -0.15) is 0 Å². The van der Waals surface area contributed by atoms with Crippen molar-refractivity contribution in [3.05, 3.63) is 78.6 Å². The highest BCUT2D eigenvalue weighted by molar-refractivity contribution is 5.93. The summed E-state index contributed by atoms with van der Waals surface area (Å²) in [4.78, 5) is 40.5. The minimum absolute atomic E-state index is 0.0132. The number of hydrogen-bond acceptors (Lipinski definition) is 5. The van der Waals surface area contributed by atoms with Gasteiger partial charge in [-0.25, -0.2) is 4.98 Å². The number of likely N-dealkylation sites (tertiary alicyclic amines) is 1. The van der Waals surface area contributed by atoms with E-state index in [0.717, 1.165) is 36.0 Å². The maximum Gasteiger partial charge on any atom is 0.274 e. The number of amides is 2. The lowest BCUT2D eigenvalue weighted by molar-refractivity contribution is -0.133. The van der Waals surface area contributed by atoms with Gasteiger partial charge in [0.1, 0.15) is 5.69 Å². The van der Waals surface area contributed by atoms with E-state index in [9.17, 15) is 9.59 Å². The average molecular weight is 444 g/mol. The van der Waals surface area contributed by atoms with Crippen molar-refractivity contribution in [3.8, 4) is 11.1 Å². The van der Waals surface area contributed by atoms with Crippen molar-refractivity contribution in [2.75, 3.05) is 19.6 Å². The third-order valence-corrected chi connectivity index (χ3v) is 6.17. The quantitative estimate of drug-likeness (QED) is 0.604. The molecular formula is C26H29N5O2. The van der Waals surface area contributed by atoms with E-state index in [-0.39, 0.29) is 11.8 Å². The van der Waals surface area contributed by atoms with Crippen molar-refractivity contribution >= 4 is 11.8 Å². The number of benzene rings is 1. The van der Waals surface area contributed by atoms with Crippen LogP contribution in [0.5, 0.6) is 0 Å². The van der Waals surface area contributed by atoms with Crippen molar-refractivity contribution in [2.24, 2.45) is 5.41 Å². The highest BCUT2D eigenvalue weighted by Crippen LogP contribution is 2.35. The fraction of sp³-hybridized carbons (Fsp3) is 0.346. The van der Waals surface area contributed by atoms with Gasteiger partial charge in [0, 0.05) is 44.4 Å². The fourth-order valence-corrected chi connectivity index (χ4v) is 4.46. The SMILES string of the molecule is CCCNC(=O)[C@@]1(Cc2ccc(-c3ccncc3)cc2)CCCN(C(=O)c2cnccn2)C1. The monoisotopic (exact) mass is 443 g/mol. The maximum absolute atomic E-state index is 13.4. The lowest BCUT2D eigenvalue weighted by Gasteiger charge is -2.41. The van der Waals surface area contributed by atoms with Crippen LogP contribution in [-0.4, -0.2) is 51.3 Å². The van der Waals surface area contributed by atoms with E-state index >= 15 is 0 Å². The summed E-state index contributed by atoms with van der Waals surface area (Å²) >= 11 is 0. The molecule has 3 heterocycles. The minimum Gasteiger partial charge on any atom is -0.356 e. The Hall–Kier alpha value is -3.61. The summed E-state index contributed by atoms with van der Waals surface area (Å²) in [5.74, 6) is -0.164. The molecule has 2 aromatic heterocycles. The first-order valence-corrected chi connectivity index (χ1v) is 11.4. The molecule has 33 heavy (non-hydrogen) atoms. The first-order valence-electron chi connectivity index (χ1n) is 11.4. The van der Waals surface area contributed by atoms with Gasteiger partial charge in [-0.05, 0) is 54.5 Å². The van der Waals surface area contributed by atoms with Crippen LogP contribution in [0.2, 0.25) is 0 Å². The molecule has 1 saturated heterocycles. The van der Waals surface area contributed by atoms with E-state index in [2.05, 4.69) is 44.5 Å². The second-order valence-corrected chi connectivity index (χ2v) is 8.57. The van der Waals surface area contributed by atoms with E-state index in [1.54, 1.807) is 23.5 Å². The topological polar surface area (TPSA) is 88.1 Å². The molecule has 0 saturated carbocycles. The van der Waals surface area contributed by atoms with Crippen molar-refractivity contribution in [1.29, 1.82) is 0 Å². The van der Waals surface area contributed by atoms with Gasteiger partial charge < -0.3 is 10.2 Å². The molecule has 1 aliphatic rings. The number of aromatic nitrogens is 3. The molecular weight excluding hydrogens is 414 g/mol. The van der Waals surface area contributed by atoms with Crippen LogP contribution in [-0.2, 0) is 11.2 Å². The smallest absolute Gasteiger partial charge is 0.274 e. The number of rotatable bonds is 7. The van der Waals surface area contributed by atoms with E-state index < -0.39 is 5.41 Å². The maximum atomic E-state index is 13.4. The summed E-state index contributed by atoms with van der Waals surface area (Å²) in [7, 11) is 0. The van der Waals surface area contributed by atoms with Crippen molar-refractivity contribution < 1.29 is 9.59 Å². The summed E-state index contributed by atoms with van der Waals surface area (Å²) in [5, 5.41) is 3.09. The summed E-state index contributed by atoms with van der Waals surface area (Å²) in [6.45, 7) is 3.64. The van der Waals surface area contributed by atoms with Crippen LogP contribution in [0.3, 0.4) is 0 Å². The van der Waals surface area contributed by atoms with Crippen LogP contribution in [0.25, 0.3) is 11.1 Å². The predicted molar refractivity (Wildman–Crippen MR) is 126 cm³/mol. The third-order valence-electron chi connectivity index (χ3n) is 6.17. The Bertz CT molecular complexity index is 1070. The molecule has 7 heteroatoms. The van der Waals surface area contributed by atoms with Gasteiger partial charge in [0.15, 0.2) is 0 Å². The molecule has 1 atom stereocenters. The molecule has 0 unspecified atom stereocenters. The molecule has 170 valence electrons. The van der Waals surface area contributed by atoms with Gasteiger partial charge in [-0.1, -0.05) is 31.2 Å². The largest absolute Gasteiger partial charge is 0.356 e. The molecule has 0 aliphatic carbocycles. The molecule has 0 bridgehead atoms. The van der Waals surface area contributed by atoms with Gasteiger partial charge in [0.05, 0.1) is 11.6 Å². The molecule has 1 N–H and O–H groups in total. The van der Waals surface area contributed by atoms with Gasteiger partial charge >= 0.3 is 0 Å². The number of nitrogens with one attached hydrogen (secondary N) is 1. The minimum atomic E-state index is -0.677. The summed E-state index contributed by atoms with van der Waals surface area (Å²) in [5.41, 5.74) is 2.92. The zero-order valence-electron chi connectivity index (χ0n) is 18.9. The van der Waals surface area contributed by atoms with Crippen LogP contribution in [0.1, 0.15) is 42.2 Å². The number of carbonyl (C=O) groups excluding carboxylic acids is 2. The Morgan fingerprint density at radius 2 is 1.76 bits per heavy atom. The van der Waals surface area contributed by atoms with Gasteiger partial charge in [0.25, 0.3) is 5.91 Å². The third kappa shape index (κ3) is 5.25. The Labute approximate surface area is 194 Å². The first kappa shape index (κ1) is 22.6. The second kappa shape index (κ2) is 10.3. The predicted octanol–water partition coefficient (Wildman–Crippen LogP) is 3.53. The Morgan fingerprint density at radius 3 is 2.45 bits per heavy atom. The molecule has 2 amide bonds. The Morgan fingerprint density at radius 1 is 1.00 bits per heavy atom. The number of piperidine rings is 1. The number of pyridine rings is 1. The van der Waals surface area contributed by atoms with Crippen LogP contribution in [0, 0.1) is 5.41 Å². The Kier molecular flexibility index (Phi) is 7.07. The highest BCUT2D eigenvalue weighted by Gasteiger charge is 2.43. The Balaban J connectivity index is 1.58. The molecule has 4 rings (SSSR count). The average Bonchev–Trinajstić information content (AvgIpc) is 2.88. The second-order valence-electron chi connectivity index (χ2n) is 8.57. The highest BCUT2D eigenvalue weighted by atomic mass is 16.2. The fourth-order valence-electron chi connectivity index (χ4n) is 4.46. The molecule has 1 fully saturated rings. The van der Waals surface area contributed by atoms with Crippen molar-refractivity contribution in [3.63, 3.8) is 0 Å². The number of nitrogens with zero attached hydrogens (tertiary/aromatic N) is 4. The van der Waals surface area contributed by atoms with E-state index in [1.807, 2.05) is 19.1 Å². The van der Waals surface area contributed by atoms with Crippen LogP contribution in [0.15, 0.2) is 67.4 Å². The standard InChI is InChI=1S/C26H29N5O2/c1-2-11-30-25(33)26(10-3-16-31(19-26)24(32)23-18-28-14-15-29-23)17-20-4-6-21(7-5-20)22-8-12-27-13-9-22/h4-9,12-15,18H,2-3,10-11,16-17,19H2,1H3,(H,30,33)/t26-/m1/s1. The van der Waals surface area contributed by atoms with Crippen molar-refractivity contribution in [2.45, 2.75) is 32.6 Å². The molecule has 0 radical (unpaired) electrons. The van der Waals surface area contributed by atoms with Gasteiger partial charge in [-0.15, -0.1) is 0 Å². The van der Waals surface area contributed by atoms with Crippen LogP contribution >= 0.6 is 0 Å². The molecule has 1 aromatic carbocycles. The lowest BCUT2D eigenvalue weighted by atomic mass is 9.74. The number of carbonyl (C=O) groups is 2. The lowest BCUT2D eigenvalue weighted by Crippen LogP contribution is -2.54. The normalized spacial score (nSPS) is 18.0. The van der Waals surface area contributed by atoms with Crippen molar-refractivity contribution in [1.82, 2.24) is 25.2 Å². The molecule has 7 nitrogen and oxygen atoms in total. The van der Waals surface area contributed by atoms with Crippen LogP contribution < -0.4 is 5.32 Å². The zero-order valence-corrected chi connectivity index (χ0v) is 18.9. The van der Waals surface area contributed by atoms with Crippen LogP contribution in [0.4, 0.5) is 0 Å². The molecule has 1 aliphatic heterocycles. The van der Waals surface area contributed by atoms with Gasteiger partial charge in [-0.3, -0.25) is 19.6 Å². The zero-order chi connectivity index (χ0) is 23.1.